The third-order valence-electron chi connectivity index (χ3n) is 4.92. The van der Waals surface area contributed by atoms with Crippen molar-refractivity contribution in [3.05, 3.63) is 54.2 Å². The van der Waals surface area contributed by atoms with Crippen molar-refractivity contribution >= 4 is 33.2 Å². The Bertz CT molecular complexity index is 1080. The maximum Gasteiger partial charge on any atom is 0.150 e. The third kappa shape index (κ3) is 2.91. The molecule has 0 amide bonds. The molecule has 0 bridgehead atoms. The molecular formula is C19H19N7S. The minimum Gasteiger partial charge on any atom is -0.353 e. The molecule has 0 unspecified atom stereocenters. The zero-order valence-electron chi connectivity index (χ0n) is 15.0. The summed E-state index contributed by atoms with van der Waals surface area (Å²) in [5.41, 5.74) is 1.03. The quantitative estimate of drug-likeness (QED) is 0.547. The Hall–Kier alpha value is -3.00. The number of fused-ring (bicyclic) bond motifs is 1. The van der Waals surface area contributed by atoms with E-state index in [2.05, 4.69) is 48.3 Å². The Kier molecular flexibility index (Phi) is 3.97. The highest BCUT2D eigenvalue weighted by Crippen LogP contribution is 2.29. The first kappa shape index (κ1) is 16.2. The van der Waals surface area contributed by atoms with E-state index in [4.69, 9.17) is 4.98 Å². The van der Waals surface area contributed by atoms with Crippen LogP contribution in [0.3, 0.4) is 0 Å². The van der Waals surface area contributed by atoms with Gasteiger partial charge in [0.1, 0.15) is 29.6 Å². The zero-order valence-corrected chi connectivity index (χ0v) is 15.8. The van der Waals surface area contributed by atoms with Gasteiger partial charge in [-0.2, -0.15) is 0 Å². The van der Waals surface area contributed by atoms with E-state index in [0.29, 0.717) is 0 Å². The summed E-state index contributed by atoms with van der Waals surface area (Å²) in [6.45, 7) is 5.65. The maximum atomic E-state index is 4.85. The van der Waals surface area contributed by atoms with Crippen molar-refractivity contribution in [3.63, 3.8) is 0 Å². The second-order valence-corrected chi connectivity index (χ2v) is 7.42. The Morgan fingerprint density at radius 1 is 0.926 bits per heavy atom. The molecule has 1 saturated heterocycles. The van der Waals surface area contributed by atoms with Crippen LogP contribution in [0.4, 0.5) is 11.6 Å². The van der Waals surface area contributed by atoms with E-state index >= 15 is 0 Å². The van der Waals surface area contributed by atoms with Crippen LogP contribution in [0, 0.1) is 6.92 Å². The van der Waals surface area contributed by atoms with Crippen molar-refractivity contribution in [2.45, 2.75) is 6.92 Å². The summed E-state index contributed by atoms with van der Waals surface area (Å²) in [5.74, 6) is 3.89. The summed E-state index contributed by atoms with van der Waals surface area (Å²) in [7, 11) is 0. The minimum atomic E-state index is 0.904. The van der Waals surface area contributed by atoms with Gasteiger partial charge in [-0.3, -0.25) is 4.57 Å². The third-order valence-corrected chi connectivity index (χ3v) is 5.82. The maximum absolute atomic E-state index is 4.85. The number of rotatable bonds is 3. The van der Waals surface area contributed by atoms with E-state index in [9.17, 15) is 0 Å². The van der Waals surface area contributed by atoms with Crippen molar-refractivity contribution in [2.75, 3.05) is 36.0 Å². The molecule has 136 valence electrons. The summed E-state index contributed by atoms with van der Waals surface area (Å²) >= 11 is 1.71. The van der Waals surface area contributed by atoms with Crippen molar-refractivity contribution in [1.82, 2.24) is 24.5 Å². The van der Waals surface area contributed by atoms with Crippen LogP contribution in [0.2, 0.25) is 0 Å². The fourth-order valence-corrected chi connectivity index (χ4v) is 4.35. The van der Waals surface area contributed by atoms with Gasteiger partial charge >= 0.3 is 0 Å². The van der Waals surface area contributed by atoms with E-state index in [1.807, 2.05) is 23.8 Å². The summed E-state index contributed by atoms with van der Waals surface area (Å²) in [5, 5.41) is 2.08. The highest BCUT2D eigenvalue weighted by Gasteiger charge is 2.21. The lowest BCUT2D eigenvalue weighted by Gasteiger charge is -2.36. The standard InChI is InChI=1S/C19H19N7S/c1-14-20-6-7-26(14)17-4-2-3-16(23-17)24-8-10-25(11-9-24)19-18-15(5-12-27-18)21-13-22-19/h2-7,12-13H,8-11H2,1H3. The molecule has 7 nitrogen and oxygen atoms in total. The van der Waals surface area contributed by atoms with Gasteiger partial charge in [0.05, 0.1) is 10.2 Å². The summed E-state index contributed by atoms with van der Waals surface area (Å²) in [6, 6.07) is 8.20. The van der Waals surface area contributed by atoms with Crippen molar-refractivity contribution in [3.8, 4) is 5.82 Å². The van der Waals surface area contributed by atoms with Crippen molar-refractivity contribution < 1.29 is 0 Å². The lowest BCUT2D eigenvalue weighted by molar-refractivity contribution is 0.642. The minimum absolute atomic E-state index is 0.904. The average Bonchev–Trinajstić information content (AvgIpc) is 3.37. The number of pyridine rings is 1. The van der Waals surface area contributed by atoms with Gasteiger partial charge in [-0.25, -0.2) is 19.9 Å². The number of hydrogen-bond acceptors (Lipinski definition) is 7. The number of piperazine rings is 1. The summed E-state index contributed by atoms with van der Waals surface area (Å²) in [4.78, 5) is 22.7. The fraction of sp³-hybridized carbons (Fsp3) is 0.263. The average molecular weight is 377 g/mol. The Morgan fingerprint density at radius 3 is 2.56 bits per heavy atom. The number of imidazole rings is 1. The lowest BCUT2D eigenvalue weighted by atomic mass is 10.3. The molecule has 4 aromatic heterocycles. The van der Waals surface area contributed by atoms with Gasteiger partial charge in [0, 0.05) is 38.6 Å². The molecule has 0 atom stereocenters. The smallest absolute Gasteiger partial charge is 0.150 e. The molecule has 1 fully saturated rings. The highest BCUT2D eigenvalue weighted by molar-refractivity contribution is 7.17. The van der Waals surface area contributed by atoms with E-state index in [1.54, 1.807) is 23.9 Å². The molecule has 0 spiro atoms. The molecule has 0 saturated carbocycles. The number of aryl methyl sites for hydroxylation is 1. The number of nitrogens with zero attached hydrogens (tertiary/aromatic N) is 7. The highest BCUT2D eigenvalue weighted by atomic mass is 32.1. The first-order chi connectivity index (χ1) is 13.3. The molecule has 8 heteroatoms. The second-order valence-electron chi connectivity index (χ2n) is 6.50. The normalized spacial score (nSPS) is 14.9. The first-order valence-electron chi connectivity index (χ1n) is 8.95. The Balaban J connectivity index is 1.35. The number of hydrogen-bond donors (Lipinski definition) is 0. The van der Waals surface area contributed by atoms with Gasteiger partial charge in [-0.15, -0.1) is 11.3 Å². The van der Waals surface area contributed by atoms with E-state index in [-0.39, 0.29) is 0 Å². The van der Waals surface area contributed by atoms with Crippen LogP contribution in [0.25, 0.3) is 16.0 Å². The van der Waals surface area contributed by atoms with Gasteiger partial charge in [-0.1, -0.05) is 6.07 Å². The molecule has 4 aromatic rings. The van der Waals surface area contributed by atoms with Crippen molar-refractivity contribution in [2.24, 2.45) is 0 Å². The van der Waals surface area contributed by atoms with Crippen LogP contribution in [-0.4, -0.2) is 50.7 Å². The van der Waals surface area contributed by atoms with Crippen LogP contribution in [-0.2, 0) is 0 Å². The van der Waals surface area contributed by atoms with Gasteiger partial charge < -0.3 is 9.80 Å². The van der Waals surface area contributed by atoms with Gasteiger partial charge in [0.15, 0.2) is 0 Å². The summed E-state index contributed by atoms with van der Waals surface area (Å²) in [6.07, 6.45) is 5.41. The van der Waals surface area contributed by atoms with E-state index < -0.39 is 0 Å². The SMILES string of the molecule is Cc1nccn1-c1cccc(N2CCN(c3ncnc4ccsc34)CC2)n1. The predicted molar refractivity (Wildman–Crippen MR) is 108 cm³/mol. The van der Waals surface area contributed by atoms with Gasteiger partial charge in [0.25, 0.3) is 0 Å². The van der Waals surface area contributed by atoms with Crippen LogP contribution >= 0.6 is 11.3 Å². The van der Waals surface area contributed by atoms with Crippen LogP contribution < -0.4 is 9.80 Å². The number of anilines is 2. The number of thiophene rings is 1. The molecule has 0 aliphatic carbocycles. The molecule has 0 N–H and O–H groups in total. The molecule has 27 heavy (non-hydrogen) atoms. The molecular weight excluding hydrogens is 358 g/mol. The van der Waals surface area contributed by atoms with E-state index in [0.717, 1.165) is 55.0 Å². The molecule has 0 aromatic carbocycles. The first-order valence-corrected chi connectivity index (χ1v) is 9.83. The lowest BCUT2D eigenvalue weighted by Crippen LogP contribution is -2.47. The van der Waals surface area contributed by atoms with E-state index in [1.165, 1.54) is 4.70 Å². The molecule has 1 aliphatic heterocycles. The van der Waals surface area contributed by atoms with Crippen LogP contribution in [0.1, 0.15) is 5.82 Å². The van der Waals surface area contributed by atoms with Gasteiger partial charge in [0.2, 0.25) is 0 Å². The molecule has 5 heterocycles. The second kappa shape index (κ2) is 6.62. The monoisotopic (exact) mass is 377 g/mol. The molecule has 5 rings (SSSR count). The Labute approximate surface area is 161 Å². The Morgan fingerprint density at radius 2 is 1.74 bits per heavy atom. The predicted octanol–water partition coefficient (Wildman–Crippen LogP) is 2.91. The number of aromatic nitrogens is 5. The van der Waals surface area contributed by atoms with Crippen molar-refractivity contribution in [1.29, 1.82) is 0 Å². The summed E-state index contributed by atoms with van der Waals surface area (Å²) < 4.78 is 3.18. The largest absolute Gasteiger partial charge is 0.353 e. The van der Waals surface area contributed by atoms with Gasteiger partial charge in [-0.05, 0) is 30.5 Å². The molecule has 0 radical (unpaired) electrons. The van der Waals surface area contributed by atoms with Crippen LogP contribution in [0.15, 0.2) is 48.4 Å². The fourth-order valence-electron chi connectivity index (χ4n) is 3.49. The zero-order chi connectivity index (χ0) is 18.2. The topological polar surface area (TPSA) is 63.0 Å². The van der Waals surface area contributed by atoms with Crippen LogP contribution in [0.5, 0.6) is 0 Å². The molecule has 1 aliphatic rings.